The molecule has 0 spiro atoms. The molecule has 1 aliphatic rings. The highest BCUT2D eigenvalue weighted by Gasteiger charge is 2.46. The highest BCUT2D eigenvalue weighted by molar-refractivity contribution is 5.86. The Hall–Kier alpha value is -1.59. The van der Waals surface area contributed by atoms with Crippen LogP contribution in [0.2, 0.25) is 0 Å². The maximum absolute atomic E-state index is 12.8. The molecule has 4 atom stereocenters. The number of hydrogen-bond acceptors (Lipinski definition) is 5. The highest BCUT2D eigenvalue weighted by Crippen LogP contribution is 2.37. The normalized spacial score (nSPS) is 23.0. The molecular formula is C25H44O6. The number of esters is 2. The molecule has 0 aliphatic heterocycles. The Morgan fingerprint density at radius 1 is 0.806 bits per heavy atom. The Bertz CT molecular complexity index is 506. The number of carbonyl (C=O) groups is 3. The summed E-state index contributed by atoms with van der Waals surface area (Å²) in [5, 5.41) is 9.84. The number of hydrogen-bond donors (Lipinski definition) is 1. The molecule has 0 heterocycles. The molecular weight excluding hydrogens is 396 g/mol. The average molecular weight is 441 g/mol. The number of aliphatic carboxylic acids is 1. The predicted molar refractivity (Wildman–Crippen MR) is 120 cm³/mol. The minimum absolute atomic E-state index is 0.297. The number of rotatable bonds is 15. The lowest BCUT2D eigenvalue weighted by Gasteiger charge is -2.33. The molecule has 1 rings (SSSR count). The molecule has 180 valence electrons. The van der Waals surface area contributed by atoms with Gasteiger partial charge in [0.1, 0.15) is 0 Å². The third-order valence-corrected chi connectivity index (χ3v) is 6.80. The Morgan fingerprint density at radius 3 is 1.55 bits per heavy atom. The zero-order valence-corrected chi connectivity index (χ0v) is 20.1. The van der Waals surface area contributed by atoms with Crippen LogP contribution >= 0.6 is 0 Å². The van der Waals surface area contributed by atoms with Crippen LogP contribution in [0.25, 0.3) is 0 Å². The minimum atomic E-state index is -1.11. The monoisotopic (exact) mass is 440 g/mol. The molecule has 4 unspecified atom stereocenters. The van der Waals surface area contributed by atoms with Gasteiger partial charge < -0.3 is 14.6 Å². The summed E-state index contributed by atoms with van der Waals surface area (Å²) in [7, 11) is 0. The van der Waals surface area contributed by atoms with E-state index < -0.39 is 35.7 Å². The molecule has 1 N–H and O–H groups in total. The lowest BCUT2D eigenvalue weighted by atomic mass is 9.72. The number of carboxylic acids is 1. The van der Waals surface area contributed by atoms with Crippen LogP contribution in [-0.2, 0) is 23.9 Å². The molecule has 0 amide bonds. The largest absolute Gasteiger partial charge is 0.481 e. The van der Waals surface area contributed by atoms with Gasteiger partial charge in [-0.3, -0.25) is 14.4 Å². The van der Waals surface area contributed by atoms with E-state index in [9.17, 15) is 19.5 Å². The summed E-state index contributed by atoms with van der Waals surface area (Å²) >= 11 is 0. The summed E-state index contributed by atoms with van der Waals surface area (Å²) in [4.78, 5) is 37.6. The SMILES string of the molecule is CCCCC(CC)COC(=O)C1CCCC(C(=O)OCC(CC)CCCC)C1C(=O)O. The number of carboxylic acid groups (broad SMARTS) is 1. The minimum Gasteiger partial charge on any atom is -0.481 e. The van der Waals surface area contributed by atoms with Gasteiger partial charge in [0, 0.05) is 0 Å². The maximum atomic E-state index is 12.8. The lowest BCUT2D eigenvalue weighted by Crippen LogP contribution is -2.43. The molecule has 1 fully saturated rings. The summed E-state index contributed by atoms with van der Waals surface area (Å²) in [5.74, 6) is -4.11. The summed E-state index contributed by atoms with van der Waals surface area (Å²) in [6.45, 7) is 9.05. The first-order valence-corrected chi connectivity index (χ1v) is 12.4. The molecule has 0 aromatic heterocycles. The van der Waals surface area contributed by atoms with Crippen molar-refractivity contribution in [1.29, 1.82) is 0 Å². The van der Waals surface area contributed by atoms with E-state index in [0.717, 1.165) is 51.4 Å². The molecule has 0 aromatic rings. The van der Waals surface area contributed by atoms with E-state index in [-0.39, 0.29) is 0 Å². The third-order valence-electron chi connectivity index (χ3n) is 6.80. The van der Waals surface area contributed by atoms with E-state index in [4.69, 9.17) is 9.47 Å². The van der Waals surface area contributed by atoms with Gasteiger partial charge in [0.25, 0.3) is 0 Å². The summed E-state index contributed by atoms with van der Waals surface area (Å²) in [6.07, 6.45) is 9.71. The van der Waals surface area contributed by atoms with Crippen molar-refractivity contribution < 1.29 is 29.0 Å². The van der Waals surface area contributed by atoms with Crippen LogP contribution < -0.4 is 0 Å². The van der Waals surface area contributed by atoms with Crippen molar-refractivity contribution in [1.82, 2.24) is 0 Å². The molecule has 1 saturated carbocycles. The second kappa shape index (κ2) is 15.3. The van der Waals surface area contributed by atoms with Crippen LogP contribution in [-0.4, -0.2) is 36.2 Å². The van der Waals surface area contributed by atoms with Crippen molar-refractivity contribution in [3.05, 3.63) is 0 Å². The summed E-state index contributed by atoms with van der Waals surface area (Å²) < 4.78 is 11.1. The van der Waals surface area contributed by atoms with Crippen molar-refractivity contribution in [2.24, 2.45) is 29.6 Å². The fraction of sp³-hybridized carbons (Fsp3) is 0.880. The fourth-order valence-corrected chi connectivity index (χ4v) is 4.48. The fourth-order valence-electron chi connectivity index (χ4n) is 4.48. The topological polar surface area (TPSA) is 89.9 Å². The second-order valence-electron chi connectivity index (χ2n) is 9.10. The summed E-state index contributed by atoms with van der Waals surface area (Å²) in [6, 6.07) is 0. The Labute approximate surface area is 188 Å². The molecule has 0 bridgehead atoms. The first-order chi connectivity index (χ1) is 14.9. The van der Waals surface area contributed by atoms with Crippen LogP contribution in [0, 0.1) is 29.6 Å². The van der Waals surface area contributed by atoms with E-state index >= 15 is 0 Å². The van der Waals surface area contributed by atoms with Crippen molar-refractivity contribution in [3.8, 4) is 0 Å². The van der Waals surface area contributed by atoms with Gasteiger partial charge in [0.05, 0.1) is 31.0 Å². The Kier molecular flexibility index (Phi) is 13.5. The van der Waals surface area contributed by atoms with Gasteiger partial charge in [-0.05, 0) is 37.5 Å². The Morgan fingerprint density at radius 2 is 1.23 bits per heavy atom. The van der Waals surface area contributed by atoms with Crippen LogP contribution in [0.3, 0.4) is 0 Å². The van der Waals surface area contributed by atoms with Crippen molar-refractivity contribution in [2.75, 3.05) is 13.2 Å². The van der Waals surface area contributed by atoms with Crippen molar-refractivity contribution in [3.63, 3.8) is 0 Å². The van der Waals surface area contributed by atoms with E-state index in [0.29, 0.717) is 44.3 Å². The zero-order valence-electron chi connectivity index (χ0n) is 20.1. The van der Waals surface area contributed by atoms with E-state index in [1.165, 1.54) is 0 Å². The van der Waals surface area contributed by atoms with Gasteiger partial charge in [-0.15, -0.1) is 0 Å². The first-order valence-electron chi connectivity index (χ1n) is 12.4. The maximum Gasteiger partial charge on any atom is 0.309 e. The molecule has 31 heavy (non-hydrogen) atoms. The lowest BCUT2D eigenvalue weighted by molar-refractivity contribution is -0.170. The number of ether oxygens (including phenoxy) is 2. The standard InChI is InChI=1S/C25H44O6/c1-5-9-12-18(7-3)16-30-24(28)20-14-11-15-21(22(20)23(26)27)25(29)31-17-19(8-4)13-10-6-2/h18-22H,5-17H2,1-4H3,(H,26,27). The van der Waals surface area contributed by atoms with Crippen molar-refractivity contribution in [2.45, 2.75) is 98.3 Å². The quantitative estimate of drug-likeness (QED) is 0.332. The number of unbranched alkanes of at least 4 members (excludes halogenated alkanes) is 2. The van der Waals surface area contributed by atoms with Gasteiger partial charge >= 0.3 is 17.9 Å². The Balaban J connectivity index is 2.73. The van der Waals surface area contributed by atoms with Crippen LogP contribution in [0.5, 0.6) is 0 Å². The van der Waals surface area contributed by atoms with E-state index in [2.05, 4.69) is 27.7 Å². The van der Waals surface area contributed by atoms with Gasteiger partial charge in [-0.1, -0.05) is 72.6 Å². The predicted octanol–water partition coefficient (Wildman–Crippen LogP) is 5.62. The molecule has 0 saturated heterocycles. The molecule has 0 radical (unpaired) electrons. The molecule has 6 nitrogen and oxygen atoms in total. The highest BCUT2D eigenvalue weighted by atomic mass is 16.5. The van der Waals surface area contributed by atoms with Gasteiger partial charge in [-0.2, -0.15) is 0 Å². The van der Waals surface area contributed by atoms with Crippen molar-refractivity contribution >= 4 is 17.9 Å². The molecule has 1 aliphatic carbocycles. The second-order valence-corrected chi connectivity index (χ2v) is 9.10. The van der Waals surface area contributed by atoms with Crippen LogP contribution in [0.4, 0.5) is 0 Å². The zero-order chi connectivity index (χ0) is 23.2. The van der Waals surface area contributed by atoms with E-state index in [1.807, 2.05) is 0 Å². The van der Waals surface area contributed by atoms with Gasteiger partial charge in [0.2, 0.25) is 0 Å². The summed E-state index contributed by atoms with van der Waals surface area (Å²) in [5.41, 5.74) is 0. The average Bonchev–Trinajstić information content (AvgIpc) is 2.78. The first kappa shape index (κ1) is 27.4. The number of carbonyl (C=O) groups excluding carboxylic acids is 2. The smallest absolute Gasteiger partial charge is 0.309 e. The third kappa shape index (κ3) is 9.20. The van der Waals surface area contributed by atoms with E-state index in [1.54, 1.807) is 0 Å². The van der Waals surface area contributed by atoms with Crippen LogP contribution in [0.1, 0.15) is 98.3 Å². The molecule has 6 heteroatoms. The van der Waals surface area contributed by atoms with Gasteiger partial charge in [0.15, 0.2) is 0 Å². The van der Waals surface area contributed by atoms with Crippen LogP contribution in [0.15, 0.2) is 0 Å². The van der Waals surface area contributed by atoms with Gasteiger partial charge in [-0.25, -0.2) is 0 Å². The molecule has 0 aromatic carbocycles.